The lowest BCUT2D eigenvalue weighted by molar-refractivity contribution is 0.393. The van der Waals surface area contributed by atoms with Gasteiger partial charge in [0, 0.05) is 8.07 Å². The Hall–Kier alpha value is -0.653. The van der Waals surface area contributed by atoms with E-state index in [0.717, 1.165) is 6.04 Å². The van der Waals surface area contributed by atoms with Crippen LogP contribution >= 0.6 is 0 Å². The predicted molar refractivity (Wildman–Crippen MR) is 79.9 cm³/mol. The van der Waals surface area contributed by atoms with Crippen LogP contribution in [0.5, 0.6) is 0 Å². The van der Waals surface area contributed by atoms with E-state index < -0.39 is 17.9 Å². The van der Waals surface area contributed by atoms with Gasteiger partial charge in [-0.1, -0.05) is 37.8 Å². The summed E-state index contributed by atoms with van der Waals surface area (Å²) in [7, 11) is -4.67. The van der Waals surface area contributed by atoms with Crippen molar-refractivity contribution in [1.29, 1.82) is 0 Å². The molecule has 19 heavy (non-hydrogen) atoms. The van der Waals surface area contributed by atoms with Crippen molar-refractivity contribution in [2.45, 2.75) is 48.4 Å². The first-order valence-electron chi connectivity index (χ1n) is 6.69. The number of ether oxygens (including phenoxy) is 1. The highest BCUT2D eigenvalue weighted by Gasteiger charge is 2.37. The summed E-state index contributed by atoms with van der Waals surface area (Å²) in [5, 5.41) is -0.297. The number of rotatable bonds is 6. The summed E-state index contributed by atoms with van der Waals surface area (Å²) < 4.78 is 30.7. The molecule has 1 saturated heterocycles. The summed E-state index contributed by atoms with van der Waals surface area (Å²) >= 11 is 0. The van der Waals surface area contributed by atoms with Gasteiger partial charge in [0.1, 0.15) is 0 Å². The molecule has 0 aliphatic carbocycles. The molecule has 0 aromatic heterocycles. The minimum absolute atomic E-state index is 0.153. The summed E-state index contributed by atoms with van der Waals surface area (Å²) in [5.74, 6) is 0. The molecule has 1 aliphatic heterocycles. The molecular formula is C14H22O3SSi. The van der Waals surface area contributed by atoms with E-state index in [1.54, 1.807) is 24.3 Å². The third-order valence-electron chi connectivity index (χ3n) is 3.28. The molecule has 5 heteroatoms. The molecule has 0 radical (unpaired) electrons. The van der Waals surface area contributed by atoms with Crippen molar-refractivity contribution in [1.82, 2.24) is 0 Å². The van der Waals surface area contributed by atoms with Gasteiger partial charge in [-0.2, -0.15) is 0 Å². The van der Waals surface area contributed by atoms with Crippen molar-refractivity contribution >= 4 is 17.9 Å². The summed E-state index contributed by atoms with van der Waals surface area (Å²) in [5.41, 5.74) is 0. The van der Waals surface area contributed by atoms with Gasteiger partial charge in [0.05, 0.1) is 22.9 Å². The van der Waals surface area contributed by atoms with Crippen LogP contribution in [0.25, 0.3) is 0 Å². The van der Waals surface area contributed by atoms with Crippen molar-refractivity contribution in [3.63, 3.8) is 0 Å². The van der Waals surface area contributed by atoms with Gasteiger partial charge in [-0.25, -0.2) is 8.42 Å². The number of sulfone groups is 1. The fourth-order valence-corrected chi connectivity index (χ4v) is 7.60. The third-order valence-corrected chi connectivity index (χ3v) is 7.46. The van der Waals surface area contributed by atoms with Crippen LogP contribution in [0.2, 0.25) is 25.7 Å². The molecule has 3 nitrogen and oxygen atoms in total. The van der Waals surface area contributed by atoms with Crippen LogP contribution in [0.15, 0.2) is 35.2 Å². The Balaban J connectivity index is 2.25. The van der Waals surface area contributed by atoms with Crippen LogP contribution in [0, 0.1) is 0 Å². The van der Waals surface area contributed by atoms with Crippen LogP contribution in [0.1, 0.15) is 6.42 Å². The number of epoxide rings is 1. The van der Waals surface area contributed by atoms with Crippen LogP contribution in [-0.4, -0.2) is 34.5 Å². The fourth-order valence-electron chi connectivity index (χ4n) is 2.30. The summed E-state index contributed by atoms with van der Waals surface area (Å²) in [6.45, 7) is 7.36. The van der Waals surface area contributed by atoms with Gasteiger partial charge in [-0.3, -0.25) is 0 Å². The van der Waals surface area contributed by atoms with Gasteiger partial charge in [-0.05, 0) is 24.6 Å². The highest BCUT2D eigenvalue weighted by molar-refractivity contribution is 7.92. The third kappa shape index (κ3) is 4.16. The quantitative estimate of drug-likeness (QED) is 0.599. The van der Waals surface area contributed by atoms with Crippen LogP contribution in [-0.2, 0) is 14.6 Å². The van der Waals surface area contributed by atoms with Crippen LogP contribution in [0.3, 0.4) is 0 Å². The Kier molecular flexibility index (Phi) is 4.18. The van der Waals surface area contributed by atoms with Crippen molar-refractivity contribution in [3.05, 3.63) is 30.3 Å². The van der Waals surface area contributed by atoms with E-state index >= 15 is 0 Å². The zero-order valence-electron chi connectivity index (χ0n) is 11.8. The van der Waals surface area contributed by atoms with Gasteiger partial charge in [0.15, 0.2) is 9.84 Å². The van der Waals surface area contributed by atoms with Crippen molar-refractivity contribution in [2.75, 3.05) is 6.61 Å². The maximum atomic E-state index is 12.7. The summed E-state index contributed by atoms with van der Waals surface area (Å²) in [6.07, 6.45) is 0.793. The van der Waals surface area contributed by atoms with Gasteiger partial charge < -0.3 is 4.74 Å². The number of benzene rings is 1. The lowest BCUT2D eigenvalue weighted by atomic mass is 10.3. The highest BCUT2D eigenvalue weighted by atomic mass is 32.2. The average molecular weight is 298 g/mol. The monoisotopic (exact) mass is 298 g/mol. The largest absolute Gasteiger partial charge is 0.373 e. The minimum atomic E-state index is -3.23. The van der Waals surface area contributed by atoms with Gasteiger partial charge >= 0.3 is 0 Å². The van der Waals surface area contributed by atoms with E-state index in [0.29, 0.717) is 17.9 Å². The molecule has 106 valence electrons. The molecule has 0 spiro atoms. The molecule has 1 fully saturated rings. The molecule has 0 N–H and O–H groups in total. The smallest absolute Gasteiger partial charge is 0.181 e. The molecule has 1 unspecified atom stereocenters. The topological polar surface area (TPSA) is 46.7 Å². The van der Waals surface area contributed by atoms with Gasteiger partial charge in [0.2, 0.25) is 0 Å². The molecule has 1 aliphatic rings. The zero-order chi connectivity index (χ0) is 14.1. The standard InChI is InChI=1S/C14H22O3SSi/c1-19(2,3)11-14(9-12-10-17-12)18(15,16)13-7-5-4-6-8-13/h4-8,12,14H,9-11H2,1-3H3/t12-,14?/m0/s1. The molecule has 0 amide bonds. The Bertz CT molecular complexity index is 515. The van der Waals surface area contributed by atoms with E-state index in [9.17, 15) is 8.42 Å². The molecule has 1 aromatic rings. The fraction of sp³-hybridized carbons (Fsp3) is 0.571. The molecule has 0 bridgehead atoms. The van der Waals surface area contributed by atoms with Crippen molar-refractivity contribution in [2.24, 2.45) is 0 Å². The predicted octanol–water partition coefficient (Wildman–Crippen LogP) is 2.96. The summed E-state index contributed by atoms with van der Waals surface area (Å²) in [4.78, 5) is 0.443. The second kappa shape index (κ2) is 5.38. The number of hydrogen-bond donors (Lipinski definition) is 0. The second-order valence-electron chi connectivity index (χ2n) is 6.44. The van der Waals surface area contributed by atoms with E-state index in [1.165, 1.54) is 0 Å². The maximum absolute atomic E-state index is 12.7. The first-order chi connectivity index (χ1) is 8.79. The van der Waals surface area contributed by atoms with Crippen molar-refractivity contribution < 1.29 is 13.2 Å². The Morgan fingerprint density at radius 3 is 2.32 bits per heavy atom. The lowest BCUT2D eigenvalue weighted by Gasteiger charge is -2.24. The van der Waals surface area contributed by atoms with E-state index in [2.05, 4.69) is 19.6 Å². The second-order valence-corrected chi connectivity index (χ2v) is 14.2. The first-order valence-corrected chi connectivity index (χ1v) is 11.9. The SMILES string of the molecule is C[Si](C)(C)CC(C[C@H]1CO1)S(=O)(=O)c1ccccc1. The van der Waals surface area contributed by atoms with Crippen LogP contribution < -0.4 is 0 Å². The molecule has 2 atom stereocenters. The molecule has 0 saturated carbocycles. The highest BCUT2D eigenvalue weighted by Crippen LogP contribution is 2.30. The van der Waals surface area contributed by atoms with Crippen molar-refractivity contribution in [3.8, 4) is 0 Å². The van der Waals surface area contributed by atoms with E-state index in [1.807, 2.05) is 6.07 Å². The Labute approximate surface area is 116 Å². The van der Waals surface area contributed by atoms with E-state index in [-0.39, 0.29) is 11.4 Å². The minimum Gasteiger partial charge on any atom is -0.373 e. The molecule has 2 rings (SSSR count). The number of hydrogen-bond acceptors (Lipinski definition) is 3. The van der Waals surface area contributed by atoms with Crippen LogP contribution in [0.4, 0.5) is 0 Å². The van der Waals surface area contributed by atoms with E-state index in [4.69, 9.17) is 4.74 Å². The van der Waals surface area contributed by atoms with Gasteiger partial charge in [0.25, 0.3) is 0 Å². The average Bonchev–Trinajstić information content (AvgIpc) is 3.11. The molecular weight excluding hydrogens is 276 g/mol. The molecule has 1 aromatic carbocycles. The summed E-state index contributed by atoms with van der Waals surface area (Å²) in [6, 6.07) is 9.60. The van der Waals surface area contributed by atoms with Gasteiger partial charge in [-0.15, -0.1) is 0 Å². The molecule has 1 heterocycles. The maximum Gasteiger partial charge on any atom is 0.181 e. The first kappa shape index (κ1) is 14.7. The Morgan fingerprint density at radius 1 is 1.26 bits per heavy atom. The zero-order valence-corrected chi connectivity index (χ0v) is 13.6. The normalized spacial score (nSPS) is 21.1. The Morgan fingerprint density at radius 2 is 1.84 bits per heavy atom. The lowest BCUT2D eigenvalue weighted by Crippen LogP contribution is -2.33.